The van der Waals surface area contributed by atoms with Gasteiger partial charge in [-0.2, -0.15) is 0 Å². The molecule has 0 aliphatic rings. The van der Waals surface area contributed by atoms with Crippen LogP contribution in [0.2, 0.25) is 23.2 Å². The smallest absolute Gasteiger partial charge is 0.338 e. The summed E-state index contributed by atoms with van der Waals surface area (Å²) in [7, 11) is -0.473. The number of benzene rings is 2. The zero-order valence-corrected chi connectivity index (χ0v) is 25.6. The first-order valence-corrected chi connectivity index (χ1v) is 16.2. The number of allylic oxidation sites excluding steroid dienone is 1. The maximum atomic E-state index is 13.3. The number of aryl methyl sites for hydroxylation is 1. The Balaban J connectivity index is 1.65. The molecule has 0 fully saturated rings. The van der Waals surface area contributed by atoms with E-state index in [1.54, 1.807) is 30.3 Å². The fourth-order valence-electron chi connectivity index (χ4n) is 3.78. The van der Waals surface area contributed by atoms with Gasteiger partial charge in [0.25, 0.3) is 0 Å². The molecule has 8 heteroatoms. The van der Waals surface area contributed by atoms with E-state index in [2.05, 4.69) is 33.9 Å². The van der Waals surface area contributed by atoms with Crippen molar-refractivity contribution in [1.29, 1.82) is 0 Å². The molecule has 3 rings (SSSR count). The van der Waals surface area contributed by atoms with Crippen LogP contribution in [0.25, 0.3) is 6.08 Å². The molecule has 0 radical (unpaired) electrons. The summed E-state index contributed by atoms with van der Waals surface area (Å²) in [6, 6.07) is 14.1. The Bertz CT molecular complexity index is 1340. The highest BCUT2D eigenvalue weighted by atomic mass is 35.5. The van der Waals surface area contributed by atoms with Crippen molar-refractivity contribution in [2.75, 3.05) is 20.3 Å². The summed E-state index contributed by atoms with van der Waals surface area (Å²) in [6.07, 6.45) is 5.66. The standard InChI is InChI=1S/C31H38ClNO5Si/c1-22-19-28(33(21-22)16-8-9-23-10-13-25(32)20-27(23)30(35)36-5)29(34)24-11-14-26(15-12-24)37-17-18-38-39(6,7)31(2,3)4/h8-15,19-21H,16-18H2,1-7H3. The summed E-state index contributed by atoms with van der Waals surface area (Å²) in [5.41, 5.74) is 3.21. The van der Waals surface area contributed by atoms with Crippen molar-refractivity contribution in [2.45, 2.75) is 52.4 Å². The number of nitrogens with zero attached hydrogens (tertiary/aromatic N) is 1. The average molecular weight is 568 g/mol. The molecular weight excluding hydrogens is 530 g/mol. The molecule has 2 aromatic carbocycles. The Morgan fingerprint density at radius 2 is 1.72 bits per heavy atom. The lowest BCUT2D eigenvalue weighted by Crippen LogP contribution is -2.41. The molecule has 0 amide bonds. The van der Waals surface area contributed by atoms with E-state index >= 15 is 0 Å². The highest BCUT2D eigenvalue weighted by Crippen LogP contribution is 2.36. The lowest BCUT2D eigenvalue weighted by atomic mass is 10.1. The Labute approximate surface area is 237 Å². The first kappa shape index (κ1) is 30.4. The topological polar surface area (TPSA) is 66.8 Å². The van der Waals surface area contributed by atoms with Crippen LogP contribution in [0.3, 0.4) is 0 Å². The molecule has 0 aliphatic carbocycles. The van der Waals surface area contributed by atoms with Crippen LogP contribution in [0.15, 0.2) is 60.8 Å². The zero-order chi connectivity index (χ0) is 28.8. The zero-order valence-electron chi connectivity index (χ0n) is 23.8. The molecule has 0 aliphatic heterocycles. The molecule has 0 saturated heterocycles. The predicted octanol–water partition coefficient (Wildman–Crippen LogP) is 7.58. The molecule has 0 bridgehead atoms. The van der Waals surface area contributed by atoms with Crippen molar-refractivity contribution in [1.82, 2.24) is 4.57 Å². The molecule has 0 atom stereocenters. The van der Waals surface area contributed by atoms with Gasteiger partial charge in [-0.15, -0.1) is 0 Å². The summed E-state index contributed by atoms with van der Waals surface area (Å²) in [5, 5.41) is 0.611. The number of carbonyl (C=O) groups is 2. The van der Waals surface area contributed by atoms with Crippen LogP contribution in [-0.4, -0.2) is 45.0 Å². The van der Waals surface area contributed by atoms with Crippen LogP contribution in [0.1, 0.15) is 58.3 Å². The number of esters is 1. The molecule has 208 valence electrons. The van der Waals surface area contributed by atoms with Gasteiger partial charge in [0.15, 0.2) is 8.32 Å². The van der Waals surface area contributed by atoms with Crippen LogP contribution in [0.4, 0.5) is 0 Å². The molecule has 0 N–H and O–H groups in total. The first-order chi connectivity index (χ1) is 18.3. The predicted molar refractivity (Wildman–Crippen MR) is 160 cm³/mol. The van der Waals surface area contributed by atoms with Crippen molar-refractivity contribution in [3.05, 3.63) is 93.8 Å². The van der Waals surface area contributed by atoms with Crippen molar-refractivity contribution in [3.8, 4) is 5.75 Å². The van der Waals surface area contributed by atoms with E-state index in [0.29, 0.717) is 52.9 Å². The van der Waals surface area contributed by atoms with Gasteiger partial charge in [-0.3, -0.25) is 4.79 Å². The molecule has 0 saturated carbocycles. The first-order valence-electron chi connectivity index (χ1n) is 12.9. The van der Waals surface area contributed by atoms with Gasteiger partial charge >= 0.3 is 5.97 Å². The molecular formula is C31H38ClNO5Si. The SMILES string of the molecule is COC(=O)c1cc(Cl)ccc1C=CCn1cc(C)cc1C(=O)c1ccc(OCCO[Si](C)(C)C(C)(C)C)cc1. The number of ether oxygens (including phenoxy) is 2. The fourth-order valence-corrected chi connectivity index (χ4v) is 4.97. The number of ketones is 1. The van der Waals surface area contributed by atoms with Gasteiger partial charge in [0, 0.05) is 23.3 Å². The molecule has 39 heavy (non-hydrogen) atoms. The van der Waals surface area contributed by atoms with E-state index < -0.39 is 14.3 Å². The third kappa shape index (κ3) is 7.94. The summed E-state index contributed by atoms with van der Waals surface area (Å²) in [6.45, 7) is 14.5. The molecule has 3 aromatic rings. The van der Waals surface area contributed by atoms with Gasteiger partial charge < -0.3 is 18.5 Å². The van der Waals surface area contributed by atoms with Gasteiger partial charge in [-0.25, -0.2) is 4.79 Å². The molecule has 1 heterocycles. The van der Waals surface area contributed by atoms with E-state index in [9.17, 15) is 9.59 Å². The summed E-state index contributed by atoms with van der Waals surface area (Å²) in [5.74, 6) is 0.163. The number of hydrogen-bond donors (Lipinski definition) is 0. The summed E-state index contributed by atoms with van der Waals surface area (Å²) in [4.78, 5) is 25.5. The highest BCUT2D eigenvalue weighted by molar-refractivity contribution is 6.74. The van der Waals surface area contributed by atoms with E-state index in [1.165, 1.54) is 7.11 Å². The van der Waals surface area contributed by atoms with E-state index in [1.807, 2.05) is 48.0 Å². The van der Waals surface area contributed by atoms with Crippen LogP contribution in [0, 0.1) is 6.92 Å². The van der Waals surface area contributed by atoms with Crippen LogP contribution >= 0.6 is 11.6 Å². The maximum absolute atomic E-state index is 13.3. The van der Waals surface area contributed by atoms with Crippen LogP contribution < -0.4 is 4.74 Å². The number of carbonyl (C=O) groups excluding carboxylic acids is 2. The minimum absolute atomic E-state index is 0.0777. The molecule has 1 aromatic heterocycles. The van der Waals surface area contributed by atoms with Crippen molar-refractivity contribution in [3.63, 3.8) is 0 Å². The van der Waals surface area contributed by atoms with Gasteiger partial charge in [0.05, 0.1) is 25.0 Å². The average Bonchev–Trinajstić information content (AvgIpc) is 3.26. The lowest BCUT2D eigenvalue weighted by molar-refractivity contribution is 0.0600. The van der Waals surface area contributed by atoms with E-state index in [-0.39, 0.29) is 10.8 Å². The van der Waals surface area contributed by atoms with Crippen molar-refractivity contribution >= 4 is 37.7 Å². The van der Waals surface area contributed by atoms with Crippen molar-refractivity contribution < 1.29 is 23.5 Å². The normalized spacial score (nSPS) is 12.1. The Morgan fingerprint density at radius 3 is 2.36 bits per heavy atom. The second-order valence-corrected chi connectivity index (χ2v) is 16.2. The second-order valence-electron chi connectivity index (χ2n) is 11.0. The molecule has 0 unspecified atom stereocenters. The van der Waals surface area contributed by atoms with Crippen LogP contribution in [-0.2, 0) is 15.7 Å². The summed E-state index contributed by atoms with van der Waals surface area (Å²) < 4.78 is 18.8. The second kappa shape index (κ2) is 12.8. The number of aromatic nitrogens is 1. The molecule has 0 spiro atoms. The Kier molecular flexibility index (Phi) is 9.99. The van der Waals surface area contributed by atoms with Gasteiger partial charge in [-0.1, -0.05) is 50.6 Å². The maximum Gasteiger partial charge on any atom is 0.338 e. The van der Waals surface area contributed by atoms with Gasteiger partial charge in [0.2, 0.25) is 5.78 Å². The Hall–Kier alpha value is -3.13. The van der Waals surface area contributed by atoms with Gasteiger partial charge in [0.1, 0.15) is 12.4 Å². The van der Waals surface area contributed by atoms with Crippen molar-refractivity contribution in [2.24, 2.45) is 0 Å². The fraction of sp³-hybridized carbons (Fsp3) is 0.355. The number of hydrogen-bond acceptors (Lipinski definition) is 5. The number of rotatable bonds is 11. The van der Waals surface area contributed by atoms with Gasteiger partial charge in [-0.05, 0) is 78.6 Å². The minimum atomic E-state index is -1.81. The number of methoxy groups -OCH3 is 1. The quantitative estimate of drug-likeness (QED) is 0.103. The third-order valence-corrected chi connectivity index (χ3v) is 11.8. The minimum Gasteiger partial charge on any atom is -0.491 e. The largest absolute Gasteiger partial charge is 0.491 e. The van der Waals surface area contributed by atoms with Crippen LogP contribution in [0.5, 0.6) is 5.75 Å². The summed E-state index contributed by atoms with van der Waals surface area (Å²) >= 11 is 6.05. The number of halogens is 1. The van der Waals surface area contributed by atoms with E-state index in [4.69, 9.17) is 25.5 Å². The highest BCUT2D eigenvalue weighted by Gasteiger charge is 2.36. The lowest BCUT2D eigenvalue weighted by Gasteiger charge is -2.36. The van der Waals surface area contributed by atoms with E-state index in [0.717, 1.165) is 5.56 Å². The Morgan fingerprint density at radius 1 is 1.03 bits per heavy atom. The monoisotopic (exact) mass is 567 g/mol. The molecule has 6 nitrogen and oxygen atoms in total. The third-order valence-electron chi connectivity index (χ3n) is 7.02.